The number of aromatic nitrogens is 1. The number of benzene rings is 1. The van der Waals surface area contributed by atoms with Gasteiger partial charge in [-0.2, -0.15) is 0 Å². The SMILES string of the molecule is CCC.CCC.CN1Cc2ccc(Cl)cc2N(C)C1c1ccccn1. The van der Waals surface area contributed by atoms with Crippen molar-refractivity contribution in [1.29, 1.82) is 0 Å². The zero-order valence-electron chi connectivity index (χ0n) is 16.5. The Morgan fingerprint density at radius 2 is 1.68 bits per heavy atom. The Morgan fingerprint density at radius 1 is 1.04 bits per heavy atom. The number of fused-ring (bicyclic) bond motifs is 1. The minimum Gasteiger partial charge on any atom is -0.353 e. The van der Waals surface area contributed by atoms with E-state index in [-0.39, 0.29) is 6.17 Å². The van der Waals surface area contributed by atoms with Crippen LogP contribution in [-0.4, -0.2) is 24.0 Å². The Labute approximate surface area is 158 Å². The lowest BCUT2D eigenvalue weighted by Crippen LogP contribution is -2.41. The van der Waals surface area contributed by atoms with Crippen molar-refractivity contribution in [3.8, 4) is 0 Å². The molecule has 1 unspecified atom stereocenters. The third-order valence-corrected chi connectivity index (χ3v) is 3.82. The van der Waals surface area contributed by atoms with Gasteiger partial charge in [-0.3, -0.25) is 9.88 Å². The molecule has 4 heteroatoms. The summed E-state index contributed by atoms with van der Waals surface area (Å²) in [7, 11) is 4.21. The van der Waals surface area contributed by atoms with E-state index in [9.17, 15) is 0 Å². The van der Waals surface area contributed by atoms with Gasteiger partial charge >= 0.3 is 0 Å². The summed E-state index contributed by atoms with van der Waals surface area (Å²) in [6.07, 6.45) is 4.48. The summed E-state index contributed by atoms with van der Waals surface area (Å²) >= 11 is 6.12. The van der Waals surface area contributed by atoms with Gasteiger partial charge in [0, 0.05) is 30.5 Å². The highest BCUT2D eigenvalue weighted by Crippen LogP contribution is 2.37. The average Bonchev–Trinajstić information content (AvgIpc) is 2.58. The van der Waals surface area contributed by atoms with Crippen molar-refractivity contribution in [2.75, 3.05) is 19.0 Å². The highest BCUT2D eigenvalue weighted by atomic mass is 35.5. The first kappa shape index (κ1) is 21.5. The molecule has 0 saturated carbocycles. The van der Waals surface area contributed by atoms with Crippen LogP contribution in [0.15, 0.2) is 42.6 Å². The van der Waals surface area contributed by atoms with Gasteiger partial charge in [0.05, 0.1) is 5.69 Å². The first-order chi connectivity index (χ1) is 12.0. The quantitative estimate of drug-likeness (QED) is 0.607. The third kappa shape index (κ3) is 6.02. The maximum Gasteiger partial charge on any atom is 0.125 e. The summed E-state index contributed by atoms with van der Waals surface area (Å²) in [5.74, 6) is 0. The van der Waals surface area contributed by atoms with Gasteiger partial charge in [-0.25, -0.2) is 0 Å². The normalized spacial score (nSPS) is 16.1. The molecule has 3 nitrogen and oxygen atoms in total. The first-order valence-electron chi connectivity index (χ1n) is 9.12. The molecule has 2 heterocycles. The van der Waals surface area contributed by atoms with Crippen LogP contribution in [-0.2, 0) is 6.54 Å². The van der Waals surface area contributed by atoms with Crippen LogP contribution in [0.3, 0.4) is 0 Å². The number of hydrogen-bond acceptors (Lipinski definition) is 3. The van der Waals surface area contributed by atoms with E-state index in [1.54, 1.807) is 0 Å². The van der Waals surface area contributed by atoms with Crippen LogP contribution in [0.2, 0.25) is 5.02 Å². The molecule has 0 aliphatic carbocycles. The smallest absolute Gasteiger partial charge is 0.125 e. The largest absolute Gasteiger partial charge is 0.353 e. The van der Waals surface area contributed by atoms with Gasteiger partial charge in [-0.1, -0.05) is 64.3 Å². The maximum atomic E-state index is 6.12. The van der Waals surface area contributed by atoms with Crippen molar-refractivity contribution in [2.24, 2.45) is 0 Å². The topological polar surface area (TPSA) is 19.4 Å². The van der Waals surface area contributed by atoms with Crippen LogP contribution >= 0.6 is 11.6 Å². The van der Waals surface area contributed by atoms with Gasteiger partial charge in [0.25, 0.3) is 0 Å². The number of hydrogen-bond donors (Lipinski definition) is 0. The van der Waals surface area contributed by atoms with E-state index in [0.717, 1.165) is 17.3 Å². The van der Waals surface area contributed by atoms with Crippen molar-refractivity contribution in [3.63, 3.8) is 0 Å². The van der Waals surface area contributed by atoms with E-state index >= 15 is 0 Å². The molecule has 0 fully saturated rings. The standard InChI is InChI=1S/C15H16ClN3.2C3H8/c1-18-10-11-6-7-12(16)9-14(11)19(2)15(18)13-5-3-4-8-17-13;2*1-3-2/h3-9,15H,10H2,1-2H3;2*3H2,1-2H3. The van der Waals surface area contributed by atoms with E-state index in [0.29, 0.717) is 0 Å². The number of nitrogens with zero attached hydrogens (tertiary/aromatic N) is 3. The predicted octanol–water partition coefficient (Wildman–Crippen LogP) is 6.15. The van der Waals surface area contributed by atoms with Gasteiger partial charge in [-0.15, -0.1) is 0 Å². The second-order valence-electron chi connectivity index (χ2n) is 6.34. The van der Waals surface area contributed by atoms with Crippen LogP contribution in [0.5, 0.6) is 0 Å². The third-order valence-electron chi connectivity index (χ3n) is 3.58. The predicted molar refractivity (Wildman–Crippen MR) is 110 cm³/mol. The summed E-state index contributed by atoms with van der Waals surface area (Å²) < 4.78 is 0. The highest BCUT2D eigenvalue weighted by molar-refractivity contribution is 6.30. The molecule has 0 bridgehead atoms. The van der Waals surface area contributed by atoms with E-state index in [2.05, 4.69) is 68.7 Å². The van der Waals surface area contributed by atoms with Crippen LogP contribution < -0.4 is 4.90 Å². The van der Waals surface area contributed by atoms with Crippen LogP contribution in [0, 0.1) is 0 Å². The summed E-state index contributed by atoms with van der Waals surface area (Å²) in [5, 5.41) is 0.773. The molecule has 0 saturated heterocycles. The lowest BCUT2D eigenvalue weighted by atomic mass is 10.1. The highest BCUT2D eigenvalue weighted by Gasteiger charge is 2.29. The summed E-state index contributed by atoms with van der Waals surface area (Å²) in [6.45, 7) is 9.40. The average molecular weight is 362 g/mol. The lowest BCUT2D eigenvalue weighted by molar-refractivity contribution is 0.216. The number of rotatable bonds is 1. The van der Waals surface area contributed by atoms with Crippen LogP contribution in [0.1, 0.15) is 58.0 Å². The van der Waals surface area contributed by atoms with Gasteiger partial charge in [0.2, 0.25) is 0 Å². The molecule has 1 aliphatic rings. The van der Waals surface area contributed by atoms with E-state index in [1.165, 1.54) is 24.1 Å². The van der Waals surface area contributed by atoms with Gasteiger partial charge in [0.1, 0.15) is 6.17 Å². The molecule has 2 aromatic rings. The molecule has 3 rings (SSSR count). The molecule has 0 amide bonds. The molecule has 1 atom stereocenters. The van der Waals surface area contributed by atoms with E-state index in [4.69, 9.17) is 11.6 Å². The zero-order valence-corrected chi connectivity index (χ0v) is 17.2. The minimum absolute atomic E-state index is 0.146. The van der Waals surface area contributed by atoms with Crippen LogP contribution in [0.4, 0.5) is 5.69 Å². The summed E-state index contributed by atoms with van der Waals surface area (Å²) in [4.78, 5) is 9.00. The number of pyridine rings is 1. The summed E-state index contributed by atoms with van der Waals surface area (Å²) in [5.41, 5.74) is 3.53. The molecular weight excluding hydrogens is 330 g/mol. The molecule has 25 heavy (non-hydrogen) atoms. The number of halogens is 1. The zero-order chi connectivity index (χ0) is 18.8. The Kier molecular flexibility index (Phi) is 9.54. The van der Waals surface area contributed by atoms with E-state index in [1.807, 2.05) is 30.5 Å². The molecular formula is C21H32ClN3. The molecule has 138 valence electrons. The van der Waals surface area contributed by atoms with Gasteiger partial charge in [0.15, 0.2) is 0 Å². The molecule has 1 aliphatic heterocycles. The molecule has 1 aromatic carbocycles. The van der Waals surface area contributed by atoms with Crippen molar-refractivity contribution >= 4 is 17.3 Å². The van der Waals surface area contributed by atoms with Gasteiger partial charge in [-0.05, 0) is 36.9 Å². The Balaban J connectivity index is 0.000000460. The molecule has 0 N–H and O–H groups in total. The van der Waals surface area contributed by atoms with Gasteiger partial charge < -0.3 is 4.90 Å². The minimum atomic E-state index is 0.146. The fourth-order valence-electron chi connectivity index (χ4n) is 2.73. The maximum absolute atomic E-state index is 6.12. The second kappa shape index (κ2) is 11.1. The van der Waals surface area contributed by atoms with Crippen LogP contribution in [0.25, 0.3) is 0 Å². The molecule has 1 aromatic heterocycles. The fraction of sp³-hybridized carbons (Fsp3) is 0.476. The van der Waals surface area contributed by atoms with Crippen molar-refractivity contribution in [2.45, 2.75) is 53.2 Å². The lowest BCUT2D eigenvalue weighted by Gasteiger charge is -2.42. The van der Waals surface area contributed by atoms with Crippen molar-refractivity contribution in [3.05, 3.63) is 58.9 Å². The monoisotopic (exact) mass is 361 g/mol. The summed E-state index contributed by atoms with van der Waals surface area (Å²) in [6, 6.07) is 12.1. The first-order valence-corrected chi connectivity index (χ1v) is 9.50. The number of anilines is 1. The fourth-order valence-corrected chi connectivity index (χ4v) is 2.90. The van der Waals surface area contributed by atoms with E-state index < -0.39 is 0 Å². The Bertz CT molecular complexity index is 614. The Hall–Kier alpha value is -1.58. The molecule has 0 spiro atoms. The van der Waals surface area contributed by atoms with Crippen molar-refractivity contribution < 1.29 is 0 Å². The second-order valence-corrected chi connectivity index (χ2v) is 6.78. The molecule has 0 radical (unpaired) electrons. The van der Waals surface area contributed by atoms with Crippen molar-refractivity contribution in [1.82, 2.24) is 9.88 Å². The Morgan fingerprint density at radius 3 is 2.24 bits per heavy atom.